The van der Waals surface area contributed by atoms with Crippen LogP contribution in [0, 0.1) is 40.8 Å². The van der Waals surface area contributed by atoms with Crippen LogP contribution in [0.5, 0.6) is 0 Å². The number of fused-ring (bicyclic) bond motifs is 5. The number of amides is 1. The summed E-state index contributed by atoms with van der Waals surface area (Å²) in [6.07, 6.45) is 1.22. The maximum Gasteiger partial charge on any atom is 0.238 e. The lowest BCUT2D eigenvalue weighted by molar-refractivity contribution is -0.124. The Morgan fingerprint density at radius 1 is 1.25 bits per heavy atom. The number of hydrogen-bond donors (Lipinski definition) is 2. The lowest BCUT2D eigenvalue weighted by Gasteiger charge is -2.23. The highest BCUT2D eigenvalue weighted by atomic mass is 32.2. The summed E-state index contributed by atoms with van der Waals surface area (Å²) in [6.45, 7) is 4.38. The van der Waals surface area contributed by atoms with E-state index in [1.807, 2.05) is 30.3 Å². The first-order chi connectivity index (χ1) is 15.5. The summed E-state index contributed by atoms with van der Waals surface area (Å²) < 4.78 is 14.9. The van der Waals surface area contributed by atoms with E-state index >= 15 is 0 Å². The fraction of sp³-hybridized carbons (Fsp3) is 0.462. The number of benzene rings is 2. The number of rotatable bonds is 7. The molecule has 2 bridgehead atoms. The highest BCUT2D eigenvalue weighted by Crippen LogP contribution is 2.64. The molecular formula is C26H28FN3OS. The number of halogens is 1. The van der Waals surface area contributed by atoms with Crippen LogP contribution >= 0.6 is 11.8 Å². The van der Waals surface area contributed by atoms with Crippen LogP contribution < -0.4 is 10.6 Å². The fourth-order valence-corrected chi connectivity index (χ4v) is 6.68. The predicted molar refractivity (Wildman–Crippen MR) is 124 cm³/mol. The van der Waals surface area contributed by atoms with Crippen LogP contribution in [0.1, 0.15) is 25.8 Å². The van der Waals surface area contributed by atoms with Crippen LogP contribution in [0.2, 0.25) is 0 Å². The fourth-order valence-electron chi connectivity index (χ4n) is 6.02. The number of nitriles is 1. The number of thioether (sulfide) groups is 1. The van der Waals surface area contributed by atoms with E-state index in [1.54, 1.807) is 17.8 Å². The van der Waals surface area contributed by atoms with Gasteiger partial charge in [0.25, 0.3) is 0 Å². The highest BCUT2D eigenvalue weighted by Gasteiger charge is 2.67. The lowest BCUT2D eigenvalue weighted by Crippen LogP contribution is -2.51. The van der Waals surface area contributed by atoms with Gasteiger partial charge in [-0.15, -0.1) is 11.8 Å². The third-order valence-electron chi connectivity index (χ3n) is 7.56. The Hall–Kier alpha value is -2.36. The molecule has 1 amide bonds. The molecule has 1 aliphatic heterocycles. The Labute approximate surface area is 193 Å². The molecule has 1 saturated heterocycles. The third kappa shape index (κ3) is 3.82. The van der Waals surface area contributed by atoms with Crippen LogP contribution in [-0.4, -0.2) is 29.8 Å². The van der Waals surface area contributed by atoms with Gasteiger partial charge in [0.15, 0.2) is 0 Å². The van der Waals surface area contributed by atoms with E-state index in [9.17, 15) is 14.4 Å². The summed E-state index contributed by atoms with van der Waals surface area (Å²) in [6, 6.07) is 14.8. The van der Waals surface area contributed by atoms with Crippen LogP contribution in [-0.2, 0) is 11.2 Å². The van der Waals surface area contributed by atoms with Crippen molar-refractivity contribution in [3.05, 3.63) is 53.8 Å². The van der Waals surface area contributed by atoms with Crippen molar-refractivity contribution < 1.29 is 9.18 Å². The van der Waals surface area contributed by atoms with Crippen LogP contribution in [0.25, 0.3) is 11.1 Å². The van der Waals surface area contributed by atoms with Gasteiger partial charge in [0.2, 0.25) is 5.91 Å². The Morgan fingerprint density at radius 3 is 2.66 bits per heavy atom. The Balaban J connectivity index is 1.23. The van der Waals surface area contributed by atoms with Gasteiger partial charge in [-0.1, -0.05) is 38.1 Å². The van der Waals surface area contributed by atoms with Crippen molar-refractivity contribution >= 4 is 17.7 Å². The summed E-state index contributed by atoms with van der Waals surface area (Å²) in [5.41, 5.74) is 2.20. The van der Waals surface area contributed by atoms with E-state index in [2.05, 4.69) is 30.6 Å². The molecule has 5 rings (SSSR count). The molecular weight excluding hydrogens is 421 g/mol. The quantitative estimate of drug-likeness (QED) is 0.615. The molecule has 3 fully saturated rings. The molecule has 6 heteroatoms. The zero-order valence-corrected chi connectivity index (χ0v) is 19.2. The normalized spacial score (nSPS) is 30.4. The van der Waals surface area contributed by atoms with Crippen LogP contribution in [0.3, 0.4) is 0 Å². The SMILES string of the molecule is CCSc1ccc(-c2ccc(C[C@@H](C#N)NC(=O)C3NC4CC3C3C4[C@H]3C)c(F)c2)cc1. The van der Waals surface area contributed by atoms with Gasteiger partial charge >= 0.3 is 0 Å². The summed E-state index contributed by atoms with van der Waals surface area (Å²) in [7, 11) is 0. The van der Waals surface area contributed by atoms with E-state index in [0.717, 1.165) is 29.2 Å². The molecule has 166 valence electrons. The zero-order valence-electron chi connectivity index (χ0n) is 18.3. The van der Waals surface area contributed by atoms with Crippen molar-refractivity contribution in [3.63, 3.8) is 0 Å². The van der Waals surface area contributed by atoms with Crippen LogP contribution in [0.15, 0.2) is 47.4 Å². The number of nitrogens with one attached hydrogen (secondary N) is 2. The van der Waals surface area contributed by atoms with Crippen molar-refractivity contribution in [2.75, 3.05) is 5.75 Å². The van der Waals surface area contributed by atoms with Gasteiger partial charge in [-0.25, -0.2) is 4.39 Å². The average Bonchev–Trinajstić information content (AvgIpc) is 3.14. The first-order valence-corrected chi connectivity index (χ1v) is 12.5. The molecule has 2 aromatic rings. The largest absolute Gasteiger partial charge is 0.339 e. The molecule has 7 atom stereocenters. The Morgan fingerprint density at radius 2 is 2.00 bits per heavy atom. The van der Waals surface area contributed by atoms with E-state index < -0.39 is 6.04 Å². The van der Waals surface area contributed by atoms with Crippen molar-refractivity contribution in [2.24, 2.45) is 23.7 Å². The lowest BCUT2D eigenvalue weighted by atomic mass is 9.94. The second kappa shape index (κ2) is 8.53. The maximum atomic E-state index is 14.9. The molecule has 0 radical (unpaired) electrons. The van der Waals surface area contributed by atoms with Gasteiger partial charge in [-0.2, -0.15) is 5.26 Å². The molecule has 4 nitrogen and oxygen atoms in total. The average molecular weight is 450 g/mol. The first kappa shape index (κ1) is 21.5. The number of hydrogen-bond acceptors (Lipinski definition) is 4. The second-order valence-electron chi connectivity index (χ2n) is 9.32. The second-order valence-corrected chi connectivity index (χ2v) is 10.7. The summed E-state index contributed by atoms with van der Waals surface area (Å²) in [5, 5.41) is 15.9. The minimum atomic E-state index is -0.749. The molecule has 2 aromatic carbocycles. The molecule has 2 saturated carbocycles. The van der Waals surface area contributed by atoms with Gasteiger partial charge in [0.05, 0.1) is 12.1 Å². The summed E-state index contributed by atoms with van der Waals surface area (Å²) in [5.74, 6) is 2.99. The monoisotopic (exact) mass is 449 g/mol. The van der Waals surface area contributed by atoms with Crippen molar-refractivity contribution in [1.82, 2.24) is 10.6 Å². The first-order valence-electron chi connectivity index (χ1n) is 11.5. The van der Waals surface area contributed by atoms with Crippen molar-refractivity contribution in [3.8, 4) is 17.2 Å². The predicted octanol–water partition coefficient (Wildman–Crippen LogP) is 4.40. The molecule has 5 unspecified atom stereocenters. The Kier molecular flexibility index (Phi) is 5.73. The molecule has 3 aliphatic rings. The van der Waals surface area contributed by atoms with E-state index in [1.165, 1.54) is 11.0 Å². The number of piperidine rings is 1. The maximum absolute atomic E-state index is 14.9. The van der Waals surface area contributed by atoms with Gasteiger partial charge in [-0.05, 0) is 70.7 Å². The standard InChI is InChI=1S/C26H28FN3OS/c1-3-32-19-8-6-15(7-9-19)16-4-5-17(21(27)11-16)10-18(13-28)29-26(31)25-20-12-22(30-25)24-14(2)23(20)24/h4-9,11,14,18,20,22-25,30H,3,10,12H2,1-2H3,(H,29,31)/t14-,18-,20?,22?,23?,24?,25?/m0/s1. The van der Waals surface area contributed by atoms with Gasteiger partial charge in [0, 0.05) is 17.4 Å². The summed E-state index contributed by atoms with van der Waals surface area (Å²) >= 11 is 1.77. The van der Waals surface area contributed by atoms with E-state index in [0.29, 0.717) is 29.4 Å². The molecule has 1 heterocycles. The van der Waals surface area contributed by atoms with Crippen molar-refractivity contribution in [1.29, 1.82) is 5.26 Å². The van der Waals surface area contributed by atoms with Crippen LogP contribution in [0.4, 0.5) is 4.39 Å². The highest BCUT2D eigenvalue weighted by molar-refractivity contribution is 7.99. The van der Waals surface area contributed by atoms with E-state index in [4.69, 9.17) is 0 Å². The van der Waals surface area contributed by atoms with Gasteiger partial charge in [-0.3, -0.25) is 4.79 Å². The minimum Gasteiger partial charge on any atom is -0.339 e. The number of nitrogens with zero attached hydrogens (tertiary/aromatic N) is 1. The zero-order chi connectivity index (χ0) is 22.4. The van der Waals surface area contributed by atoms with E-state index in [-0.39, 0.29) is 24.2 Å². The summed E-state index contributed by atoms with van der Waals surface area (Å²) in [4.78, 5) is 14.0. The number of carbonyl (C=O) groups is 1. The number of carbonyl (C=O) groups excluding carboxylic acids is 1. The van der Waals surface area contributed by atoms with Crippen molar-refractivity contribution in [2.45, 2.75) is 49.7 Å². The molecule has 2 aliphatic carbocycles. The third-order valence-corrected chi connectivity index (χ3v) is 8.45. The molecule has 2 N–H and O–H groups in total. The van der Waals surface area contributed by atoms with Gasteiger partial charge in [0.1, 0.15) is 11.9 Å². The van der Waals surface area contributed by atoms with Gasteiger partial charge < -0.3 is 10.6 Å². The molecule has 0 aromatic heterocycles. The minimum absolute atomic E-state index is 0.122. The topological polar surface area (TPSA) is 64.9 Å². The molecule has 0 spiro atoms. The Bertz CT molecular complexity index is 1060. The molecule has 32 heavy (non-hydrogen) atoms. The smallest absolute Gasteiger partial charge is 0.238 e.